The van der Waals surface area contributed by atoms with Crippen molar-refractivity contribution in [2.24, 2.45) is 10.4 Å². The van der Waals surface area contributed by atoms with Crippen LogP contribution in [0.4, 0.5) is 0 Å². The average Bonchev–Trinajstić information content (AvgIpc) is 2.85. The Morgan fingerprint density at radius 2 is 1.71 bits per heavy atom. The molecule has 0 radical (unpaired) electrons. The summed E-state index contributed by atoms with van der Waals surface area (Å²) in [6.45, 7) is 0. The first kappa shape index (κ1) is 13.7. The molecule has 0 N–H and O–H groups in total. The number of hydrogen-bond donors (Lipinski definition) is 0. The molecule has 0 aliphatic heterocycles. The summed E-state index contributed by atoms with van der Waals surface area (Å²) in [4.78, 5) is 0. The Labute approximate surface area is 108 Å². The Morgan fingerprint density at radius 1 is 1.06 bits per heavy atom. The molecule has 2 aromatic heterocycles. The number of nitrogens with zero attached hydrogens (tertiary/aromatic N) is 4. The van der Waals surface area contributed by atoms with Crippen molar-refractivity contribution >= 4 is 10.1 Å². The first-order chi connectivity index (χ1) is 7.57. The van der Waals surface area contributed by atoms with Crippen molar-refractivity contribution in [1.82, 2.24) is 9.35 Å². The number of rotatable bonds is 3. The zero-order valence-corrected chi connectivity index (χ0v) is 10.5. The molecule has 0 amide bonds. The van der Waals surface area contributed by atoms with Crippen LogP contribution < -0.4 is 0 Å². The van der Waals surface area contributed by atoms with Gasteiger partial charge in [-0.25, -0.2) is 17.8 Å². The molecule has 0 aliphatic carbocycles. The molecule has 0 unspecified atom stereocenters. The van der Waals surface area contributed by atoms with Crippen LogP contribution in [-0.2, 0) is 27.5 Å². The van der Waals surface area contributed by atoms with E-state index in [0.29, 0.717) is 0 Å². The molecule has 0 aliphatic rings. The van der Waals surface area contributed by atoms with Gasteiger partial charge in [0, 0.05) is 36.0 Å². The largest absolute Gasteiger partial charge is 0.743 e. The first-order valence-corrected chi connectivity index (χ1v) is 5.67. The third kappa shape index (κ3) is 3.28. The Balaban J connectivity index is 0.00000144. The first-order valence-electron chi connectivity index (χ1n) is 4.26. The van der Waals surface area contributed by atoms with Gasteiger partial charge in [-0.15, -0.1) is 0 Å². The quantitative estimate of drug-likeness (QED) is 0.620. The molecule has 2 aromatic rings. The van der Waals surface area contributed by atoms with Crippen LogP contribution in [0.25, 0.3) is 0 Å². The van der Waals surface area contributed by atoms with Crippen LogP contribution in [0.15, 0.2) is 58.3 Å². The molecule has 0 bridgehead atoms. The Bertz CT molecular complexity index is 603. The van der Waals surface area contributed by atoms with E-state index in [1.165, 1.54) is 16.9 Å². The molecule has 0 fully saturated rings. The van der Waals surface area contributed by atoms with E-state index >= 15 is 0 Å². The SMILES string of the molecule is O=S(=O)([O-])c1cccn1/N=N/n1cccc1.[Cr]. The van der Waals surface area contributed by atoms with Gasteiger partial charge in [-0.1, -0.05) is 0 Å². The van der Waals surface area contributed by atoms with E-state index in [2.05, 4.69) is 10.4 Å². The van der Waals surface area contributed by atoms with Crippen LogP contribution in [0, 0.1) is 0 Å². The van der Waals surface area contributed by atoms with Crippen LogP contribution >= 0.6 is 0 Å². The molecule has 0 atom stereocenters. The summed E-state index contributed by atoms with van der Waals surface area (Å²) in [5.41, 5.74) is 0. The molecular weight excluding hydrogens is 284 g/mol. The van der Waals surface area contributed by atoms with Crippen LogP contribution in [0.1, 0.15) is 0 Å². The summed E-state index contributed by atoms with van der Waals surface area (Å²) in [6.07, 6.45) is 4.58. The maximum atomic E-state index is 10.8. The van der Waals surface area contributed by atoms with Crippen molar-refractivity contribution < 1.29 is 30.3 Å². The second-order valence-electron chi connectivity index (χ2n) is 2.89. The van der Waals surface area contributed by atoms with Gasteiger partial charge < -0.3 is 4.55 Å². The van der Waals surface area contributed by atoms with Gasteiger partial charge in [0.05, 0.1) is 0 Å². The fourth-order valence-electron chi connectivity index (χ4n) is 1.10. The molecule has 0 saturated heterocycles. The van der Waals surface area contributed by atoms with Crippen LogP contribution in [0.5, 0.6) is 0 Å². The van der Waals surface area contributed by atoms with Gasteiger partial charge in [0.25, 0.3) is 0 Å². The van der Waals surface area contributed by atoms with Gasteiger partial charge in [0.1, 0.15) is 15.1 Å². The second-order valence-corrected chi connectivity index (χ2v) is 4.21. The van der Waals surface area contributed by atoms with Crippen molar-refractivity contribution in [3.8, 4) is 0 Å². The summed E-state index contributed by atoms with van der Waals surface area (Å²) in [7, 11) is -4.53. The van der Waals surface area contributed by atoms with Gasteiger partial charge in [0.2, 0.25) is 0 Å². The predicted molar refractivity (Wildman–Crippen MR) is 52.5 cm³/mol. The summed E-state index contributed by atoms with van der Waals surface area (Å²) >= 11 is 0. The van der Waals surface area contributed by atoms with E-state index in [4.69, 9.17) is 0 Å². The topological polar surface area (TPSA) is 91.8 Å². The van der Waals surface area contributed by atoms with E-state index in [-0.39, 0.29) is 17.4 Å². The van der Waals surface area contributed by atoms with Crippen LogP contribution in [0.2, 0.25) is 0 Å². The Hall–Kier alpha value is -1.40. The molecule has 9 heteroatoms. The molecule has 0 aromatic carbocycles. The Morgan fingerprint density at radius 3 is 2.29 bits per heavy atom. The van der Waals surface area contributed by atoms with Crippen LogP contribution in [-0.4, -0.2) is 22.3 Å². The summed E-state index contributed by atoms with van der Waals surface area (Å²) < 4.78 is 34.7. The second kappa shape index (κ2) is 5.29. The van der Waals surface area contributed by atoms with Crippen molar-refractivity contribution in [3.63, 3.8) is 0 Å². The standard InChI is InChI=1S/C8H8N4O3S.Cr/c13-16(14,15)8-4-3-7-12(8)10-9-11-5-1-2-6-11;/h1-7H,(H,13,14,15);/p-1/b10-9+;. The zero-order chi connectivity index (χ0) is 11.6. The van der Waals surface area contributed by atoms with Gasteiger partial charge >= 0.3 is 0 Å². The average molecular weight is 291 g/mol. The molecule has 2 heterocycles. The fourth-order valence-corrected chi connectivity index (χ4v) is 1.67. The normalized spacial score (nSPS) is 11.6. The molecule has 2 rings (SSSR count). The molecule has 7 nitrogen and oxygen atoms in total. The van der Waals surface area contributed by atoms with Crippen molar-refractivity contribution in [1.29, 1.82) is 0 Å². The van der Waals surface area contributed by atoms with E-state index in [1.807, 2.05) is 0 Å². The summed E-state index contributed by atoms with van der Waals surface area (Å²) in [5.74, 6) is 0. The van der Waals surface area contributed by atoms with Gasteiger partial charge in [-0.3, -0.25) is 0 Å². The monoisotopic (exact) mass is 291 g/mol. The number of hydrogen-bond acceptors (Lipinski definition) is 5. The predicted octanol–water partition coefficient (Wildman–Crippen LogP) is 0.870. The molecule has 0 saturated carbocycles. The Kier molecular flexibility index (Phi) is 4.25. The van der Waals surface area contributed by atoms with Gasteiger partial charge in [-0.2, -0.15) is 0 Å². The minimum Gasteiger partial charge on any atom is -0.743 e. The molecular formula is C8H7CrN4O3S-. The van der Waals surface area contributed by atoms with Gasteiger partial charge in [-0.05, 0) is 34.7 Å². The third-order valence-corrected chi connectivity index (χ3v) is 2.61. The summed E-state index contributed by atoms with van der Waals surface area (Å²) in [6, 6.07) is 6.04. The maximum absolute atomic E-state index is 10.8. The van der Waals surface area contributed by atoms with E-state index in [0.717, 1.165) is 10.7 Å². The van der Waals surface area contributed by atoms with E-state index < -0.39 is 15.1 Å². The zero-order valence-electron chi connectivity index (χ0n) is 8.37. The van der Waals surface area contributed by atoms with E-state index in [1.54, 1.807) is 24.5 Å². The van der Waals surface area contributed by atoms with Gasteiger partial charge in [0.15, 0.2) is 0 Å². The van der Waals surface area contributed by atoms with Crippen LogP contribution in [0.3, 0.4) is 0 Å². The smallest absolute Gasteiger partial charge is 0.146 e. The molecule has 0 spiro atoms. The number of aromatic nitrogens is 2. The van der Waals surface area contributed by atoms with E-state index in [9.17, 15) is 13.0 Å². The molecule has 90 valence electrons. The maximum Gasteiger partial charge on any atom is 0.146 e. The van der Waals surface area contributed by atoms with Crippen molar-refractivity contribution in [2.45, 2.75) is 5.03 Å². The fraction of sp³-hybridized carbons (Fsp3) is 0. The van der Waals surface area contributed by atoms with Crippen molar-refractivity contribution in [2.75, 3.05) is 0 Å². The minimum atomic E-state index is -4.53. The van der Waals surface area contributed by atoms with Crippen molar-refractivity contribution in [3.05, 3.63) is 42.9 Å². The summed E-state index contributed by atoms with van der Waals surface area (Å²) in [5, 5.41) is 6.84. The third-order valence-electron chi connectivity index (χ3n) is 1.78. The molecule has 17 heavy (non-hydrogen) atoms. The minimum absolute atomic E-state index is 0.